The highest BCUT2D eigenvalue weighted by molar-refractivity contribution is 8.00. The second-order valence-electron chi connectivity index (χ2n) is 7.71. The van der Waals surface area contributed by atoms with Crippen LogP contribution in [0.15, 0.2) is 41.0 Å². The van der Waals surface area contributed by atoms with Crippen molar-refractivity contribution in [3.63, 3.8) is 0 Å². The SMILES string of the molecule is CCON=C(C(=O)NC1C(=O)N2C(C(=O)O)=C(C[n+]3ccc(OCCO)cc3)CS[C@H]12)c1nsc(N)n1. The van der Waals surface area contributed by atoms with Gasteiger partial charge >= 0.3 is 5.97 Å². The molecule has 37 heavy (non-hydrogen) atoms. The third-order valence-electron chi connectivity index (χ3n) is 5.28. The number of carboxylic acids is 1. The number of carboxylic acid groups (broad SMARTS) is 1. The maximum absolute atomic E-state index is 13.0. The second kappa shape index (κ2) is 11.5. The predicted molar refractivity (Wildman–Crippen MR) is 131 cm³/mol. The first kappa shape index (κ1) is 26.3. The summed E-state index contributed by atoms with van der Waals surface area (Å²) in [4.78, 5) is 48.2. The van der Waals surface area contributed by atoms with E-state index >= 15 is 0 Å². The van der Waals surface area contributed by atoms with Crippen molar-refractivity contribution in [3.8, 4) is 5.75 Å². The maximum Gasteiger partial charge on any atom is 0.352 e. The molecule has 2 amide bonds. The number of aromatic nitrogens is 3. The highest BCUT2D eigenvalue weighted by Gasteiger charge is 2.54. The molecule has 2 aliphatic heterocycles. The number of ether oxygens (including phenoxy) is 1. The van der Waals surface area contributed by atoms with Crippen LogP contribution in [0.2, 0.25) is 0 Å². The highest BCUT2D eigenvalue weighted by atomic mass is 32.2. The number of amides is 2. The monoisotopic (exact) mass is 550 g/mol. The normalized spacial score (nSPS) is 19.2. The molecule has 196 valence electrons. The fourth-order valence-corrected chi connectivity index (χ4v) is 5.46. The zero-order valence-electron chi connectivity index (χ0n) is 19.6. The summed E-state index contributed by atoms with van der Waals surface area (Å²) in [6.45, 7) is 2.17. The van der Waals surface area contributed by atoms with Gasteiger partial charge in [-0.15, -0.1) is 11.8 Å². The van der Waals surface area contributed by atoms with Crippen LogP contribution in [0.5, 0.6) is 5.75 Å². The van der Waals surface area contributed by atoms with Crippen LogP contribution in [0.1, 0.15) is 12.7 Å². The number of oxime groups is 1. The number of carbonyl (C=O) groups excluding carboxylic acids is 2. The van der Waals surface area contributed by atoms with Gasteiger partial charge in [-0.25, -0.2) is 9.36 Å². The number of nitrogen functional groups attached to an aromatic ring is 1. The molecule has 1 unspecified atom stereocenters. The van der Waals surface area contributed by atoms with Crippen LogP contribution < -0.4 is 20.4 Å². The number of aliphatic hydroxyl groups excluding tert-OH is 1. The van der Waals surface area contributed by atoms with Crippen LogP contribution in [0.4, 0.5) is 5.13 Å². The molecule has 4 rings (SSSR count). The molecule has 0 spiro atoms. The Balaban J connectivity index is 1.49. The molecule has 5 N–H and O–H groups in total. The first-order chi connectivity index (χ1) is 17.8. The number of nitrogens with zero attached hydrogens (tertiary/aromatic N) is 5. The minimum Gasteiger partial charge on any atom is -0.491 e. The molecule has 2 aromatic heterocycles. The molecule has 4 heterocycles. The Bertz CT molecular complexity index is 1250. The maximum atomic E-state index is 13.0. The minimum atomic E-state index is -1.23. The predicted octanol–water partition coefficient (Wildman–Crippen LogP) is -1.04. The Labute approximate surface area is 218 Å². The van der Waals surface area contributed by atoms with Gasteiger partial charge in [0.1, 0.15) is 36.1 Å². The van der Waals surface area contributed by atoms with E-state index in [4.69, 9.17) is 20.4 Å². The Morgan fingerprint density at radius 3 is 2.76 bits per heavy atom. The lowest BCUT2D eigenvalue weighted by Gasteiger charge is -2.49. The van der Waals surface area contributed by atoms with Crippen LogP contribution in [0.25, 0.3) is 0 Å². The van der Waals surface area contributed by atoms with Crippen molar-refractivity contribution in [1.29, 1.82) is 0 Å². The summed E-state index contributed by atoms with van der Waals surface area (Å²) in [6, 6.07) is 2.43. The number of carbonyl (C=O) groups is 3. The first-order valence-corrected chi connectivity index (χ1v) is 12.9. The number of nitrogens with one attached hydrogen (secondary N) is 1. The van der Waals surface area contributed by atoms with E-state index in [2.05, 4.69) is 19.8 Å². The Hall–Kier alpha value is -3.76. The van der Waals surface area contributed by atoms with Crippen molar-refractivity contribution in [2.45, 2.75) is 24.9 Å². The van der Waals surface area contributed by atoms with Gasteiger partial charge in [-0.2, -0.15) is 9.36 Å². The van der Waals surface area contributed by atoms with Crippen LogP contribution in [-0.2, 0) is 25.8 Å². The van der Waals surface area contributed by atoms with Gasteiger partial charge in [0.2, 0.25) is 11.5 Å². The molecule has 0 aromatic carbocycles. The van der Waals surface area contributed by atoms with E-state index in [0.29, 0.717) is 17.1 Å². The van der Waals surface area contributed by atoms with Crippen molar-refractivity contribution in [1.82, 2.24) is 19.6 Å². The third-order valence-corrected chi connectivity index (χ3v) is 7.17. The standard InChI is InChI=1S/C21H23N7O7S2/c1-2-35-25-13(16-24-21(22)37-26-16)17(30)23-14-18(31)28-15(20(32)33)11(10-36-19(14)28)9-27-5-3-12(4-6-27)34-8-7-29/h3-6,14,19,29H,2,7-10H2,1H3,(H3-,22,23,24,26,30,32,33)/p+1/t14?,19-/m1/s1. The molecule has 0 bridgehead atoms. The molecular weight excluding hydrogens is 526 g/mol. The van der Waals surface area contributed by atoms with Gasteiger partial charge in [-0.1, -0.05) is 5.16 Å². The number of aliphatic hydroxyl groups is 1. The van der Waals surface area contributed by atoms with E-state index in [9.17, 15) is 19.5 Å². The topological polar surface area (TPSA) is 193 Å². The van der Waals surface area contributed by atoms with Gasteiger partial charge in [0.05, 0.1) is 6.61 Å². The molecule has 0 radical (unpaired) electrons. The van der Waals surface area contributed by atoms with E-state index in [1.54, 1.807) is 36.0 Å². The molecule has 2 aliphatic rings. The fraction of sp³-hybridized carbons (Fsp3) is 0.381. The van der Waals surface area contributed by atoms with Crippen molar-refractivity contribution in [2.75, 3.05) is 31.3 Å². The molecule has 1 saturated heterocycles. The number of pyridine rings is 1. The highest BCUT2D eigenvalue weighted by Crippen LogP contribution is 2.40. The summed E-state index contributed by atoms with van der Waals surface area (Å²) in [6.07, 6.45) is 3.44. The second-order valence-corrected chi connectivity index (χ2v) is 9.60. The number of rotatable bonds is 11. The van der Waals surface area contributed by atoms with Crippen molar-refractivity contribution < 1.29 is 38.7 Å². The lowest BCUT2D eigenvalue weighted by atomic mass is 10.0. The largest absolute Gasteiger partial charge is 0.491 e. The molecular formula is C21H24N7O7S2+. The van der Waals surface area contributed by atoms with Crippen molar-refractivity contribution in [3.05, 3.63) is 41.6 Å². The summed E-state index contributed by atoms with van der Waals surface area (Å²) in [5.74, 6) is -1.66. The number of hydrogen-bond acceptors (Lipinski definition) is 12. The summed E-state index contributed by atoms with van der Waals surface area (Å²) in [5.41, 5.74) is 5.81. The number of β-lactam (4-membered cyclic amide) rings is 1. The van der Waals surface area contributed by atoms with E-state index in [0.717, 1.165) is 11.5 Å². The Morgan fingerprint density at radius 1 is 1.38 bits per heavy atom. The van der Waals surface area contributed by atoms with Crippen LogP contribution in [0, 0.1) is 0 Å². The smallest absolute Gasteiger partial charge is 0.352 e. The number of thioether (sulfide) groups is 1. The molecule has 14 nitrogen and oxygen atoms in total. The van der Waals surface area contributed by atoms with Gasteiger partial charge in [0.15, 0.2) is 24.1 Å². The first-order valence-electron chi connectivity index (χ1n) is 11.1. The van der Waals surface area contributed by atoms with Gasteiger partial charge in [-0.3, -0.25) is 14.5 Å². The van der Waals surface area contributed by atoms with E-state index in [-0.39, 0.29) is 48.7 Å². The van der Waals surface area contributed by atoms with Crippen molar-refractivity contribution in [2.24, 2.45) is 5.16 Å². The molecule has 0 aliphatic carbocycles. The average Bonchev–Trinajstić information content (AvgIpc) is 3.32. The quantitative estimate of drug-likeness (QED) is 0.116. The Morgan fingerprint density at radius 2 is 2.14 bits per heavy atom. The minimum absolute atomic E-state index is 0.0356. The van der Waals surface area contributed by atoms with Gasteiger partial charge in [0, 0.05) is 35.0 Å². The van der Waals surface area contributed by atoms with E-state index in [1.807, 2.05) is 0 Å². The number of nitrogens with two attached hydrogens (primary N) is 1. The fourth-order valence-electron chi connectivity index (χ4n) is 3.69. The number of fused-ring (bicyclic) bond motifs is 1. The van der Waals surface area contributed by atoms with Crippen LogP contribution >= 0.6 is 23.3 Å². The summed E-state index contributed by atoms with van der Waals surface area (Å²) < 4.78 is 11.1. The lowest BCUT2D eigenvalue weighted by molar-refractivity contribution is -0.689. The number of anilines is 1. The van der Waals surface area contributed by atoms with E-state index < -0.39 is 29.2 Å². The summed E-state index contributed by atoms with van der Waals surface area (Å²) >= 11 is 2.22. The number of aliphatic carboxylic acids is 1. The zero-order chi connectivity index (χ0) is 26.5. The van der Waals surface area contributed by atoms with E-state index in [1.165, 1.54) is 16.7 Å². The average molecular weight is 551 g/mol. The molecule has 2 aromatic rings. The van der Waals surface area contributed by atoms with Gasteiger partial charge in [-0.05, 0) is 6.92 Å². The Kier molecular flexibility index (Phi) is 8.20. The van der Waals surface area contributed by atoms with Crippen LogP contribution in [-0.4, -0.2) is 85.0 Å². The molecule has 1 fully saturated rings. The molecule has 2 atom stereocenters. The van der Waals surface area contributed by atoms with Gasteiger partial charge < -0.3 is 30.8 Å². The van der Waals surface area contributed by atoms with Crippen molar-refractivity contribution >= 4 is 51.9 Å². The third kappa shape index (κ3) is 5.65. The molecule has 0 saturated carbocycles. The van der Waals surface area contributed by atoms with Crippen LogP contribution in [0.3, 0.4) is 0 Å². The summed E-state index contributed by atoms with van der Waals surface area (Å²) in [5, 5.41) is 24.7. The summed E-state index contributed by atoms with van der Waals surface area (Å²) in [7, 11) is 0. The zero-order valence-corrected chi connectivity index (χ0v) is 21.2. The lowest BCUT2D eigenvalue weighted by Crippen LogP contribution is -2.71. The molecule has 16 heteroatoms. The van der Waals surface area contributed by atoms with Gasteiger partial charge in [0.25, 0.3) is 11.8 Å². The number of hydrogen-bond donors (Lipinski definition) is 4.